The molecule has 88 valence electrons. The molecule has 0 aliphatic heterocycles. The van der Waals surface area contributed by atoms with E-state index in [1.165, 1.54) is 0 Å². The van der Waals surface area contributed by atoms with Gasteiger partial charge in [0.2, 0.25) is 0 Å². The first-order chi connectivity index (χ1) is 8.15. The Bertz CT molecular complexity index is 514. The minimum atomic E-state index is 0.662. The molecule has 2 rings (SSSR count). The molecule has 0 aliphatic carbocycles. The Kier molecular flexibility index (Phi) is 4.15. The van der Waals surface area contributed by atoms with Crippen LogP contribution in [0.2, 0.25) is 10.0 Å². The quantitative estimate of drug-likeness (QED) is 0.856. The van der Waals surface area contributed by atoms with Crippen molar-refractivity contribution >= 4 is 40.7 Å². The highest BCUT2D eigenvalue weighted by Crippen LogP contribution is 2.27. The highest BCUT2D eigenvalue weighted by atomic mass is 35.5. The van der Waals surface area contributed by atoms with Crippen molar-refractivity contribution in [2.45, 2.75) is 10.8 Å². The van der Waals surface area contributed by atoms with Crippen molar-refractivity contribution in [2.75, 3.05) is 5.73 Å². The van der Waals surface area contributed by atoms with E-state index in [0.717, 1.165) is 21.4 Å². The molecular weight excluding hydrogens is 275 g/mol. The van der Waals surface area contributed by atoms with E-state index in [0.29, 0.717) is 10.7 Å². The summed E-state index contributed by atoms with van der Waals surface area (Å²) < 4.78 is 0. The molecule has 0 saturated carbocycles. The van der Waals surface area contributed by atoms with Crippen LogP contribution in [0.15, 0.2) is 41.6 Å². The van der Waals surface area contributed by atoms with E-state index in [1.807, 2.05) is 18.2 Å². The molecule has 1 heterocycles. The van der Waals surface area contributed by atoms with Crippen LogP contribution in [-0.2, 0) is 5.75 Å². The second-order valence-electron chi connectivity index (χ2n) is 3.45. The van der Waals surface area contributed by atoms with Gasteiger partial charge in [0.25, 0.3) is 0 Å². The number of nitrogens with zero attached hydrogens (tertiary/aromatic N) is 1. The first-order valence-electron chi connectivity index (χ1n) is 4.93. The lowest BCUT2D eigenvalue weighted by Gasteiger charge is -2.04. The highest BCUT2D eigenvalue weighted by molar-refractivity contribution is 7.98. The molecule has 0 atom stereocenters. The molecular formula is C12H10Cl2N2S. The number of pyridine rings is 1. The van der Waals surface area contributed by atoms with Gasteiger partial charge in [-0.1, -0.05) is 23.2 Å². The van der Waals surface area contributed by atoms with Crippen molar-refractivity contribution in [3.63, 3.8) is 0 Å². The third-order valence-corrected chi connectivity index (χ3v) is 3.74. The van der Waals surface area contributed by atoms with Crippen LogP contribution in [0.25, 0.3) is 0 Å². The van der Waals surface area contributed by atoms with Crippen LogP contribution < -0.4 is 5.73 Å². The largest absolute Gasteiger partial charge is 0.397 e. The third-order valence-electron chi connectivity index (χ3n) is 2.14. The predicted octanol–water partition coefficient (Wildman–Crippen LogP) is 4.26. The van der Waals surface area contributed by atoms with Crippen molar-refractivity contribution in [3.8, 4) is 0 Å². The third kappa shape index (κ3) is 3.53. The SMILES string of the molecule is Nc1ccc(SCc2cc(Cl)ccc2Cl)nc1. The molecule has 17 heavy (non-hydrogen) atoms. The zero-order valence-electron chi connectivity index (χ0n) is 8.86. The Morgan fingerprint density at radius 1 is 1.18 bits per heavy atom. The number of nitrogen functional groups attached to an aromatic ring is 1. The second-order valence-corrected chi connectivity index (χ2v) is 5.29. The summed E-state index contributed by atoms with van der Waals surface area (Å²) in [7, 11) is 0. The van der Waals surface area contributed by atoms with Gasteiger partial charge in [0, 0.05) is 15.8 Å². The van der Waals surface area contributed by atoms with Gasteiger partial charge in [0.15, 0.2) is 0 Å². The number of nitrogens with two attached hydrogens (primary N) is 1. The van der Waals surface area contributed by atoms with Crippen molar-refractivity contribution < 1.29 is 0 Å². The van der Waals surface area contributed by atoms with Crippen LogP contribution in [0.4, 0.5) is 5.69 Å². The van der Waals surface area contributed by atoms with Crippen molar-refractivity contribution in [1.82, 2.24) is 4.98 Å². The number of hydrogen-bond donors (Lipinski definition) is 1. The van der Waals surface area contributed by atoms with E-state index < -0.39 is 0 Å². The van der Waals surface area contributed by atoms with Gasteiger partial charge in [-0.25, -0.2) is 4.98 Å². The summed E-state index contributed by atoms with van der Waals surface area (Å²) in [6, 6.07) is 9.16. The number of thioether (sulfide) groups is 1. The molecule has 0 fully saturated rings. The van der Waals surface area contributed by atoms with Crippen LogP contribution in [0.5, 0.6) is 0 Å². The molecule has 1 aromatic carbocycles. The topological polar surface area (TPSA) is 38.9 Å². The Morgan fingerprint density at radius 2 is 2.00 bits per heavy atom. The zero-order valence-corrected chi connectivity index (χ0v) is 11.2. The lowest BCUT2D eigenvalue weighted by atomic mass is 10.2. The molecule has 0 aliphatic rings. The maximum atomic E-state index is 6.08. The summed E-state index contributed by atoms with van der Waals surface area (Å²) in [6.07, 6.45) is 1.64. The first-order valence-corrected chi connectivity index (χ1v) is 6.67. The number of anilines is 1. The maximum absolute atomic E-state index is 6.08. The van der Waals surface area contributed by atoms with Crippen molar-refractivity contribution in [3.05, 3.63) is 52.1 Å². The highest BCUT2D eigenvalue weighted by Gasteiger charge is 2.03. The van der Waals surface area contributed by atoms with E-state index >= 15 is 0 Å². The summed E-state index contributed by atoms with van der Waals surface area (Å²) in [6.45, 7) is 0. The minimum Gasteiger partial charge on any atom is -0.397 e. The molecule has 2 nitrogen and oxygen atoms in total. The van der Waals surface area contributed by atoms with Crippen LogP contribution in [0.3, 0.4) is 0 Å². The molecule has 0 radical (unpaired) electrons. The maximum Gasteiger partial charge on any atom is 0.0964 e. The fourth-order valence-corrected chi connectivity index (χ4v) is 2.57. The van der Waals surface area contributed by atoms with Crippen molar-refractivity contribution in [2.24, 2.45) is 0 Å². The standard InChI is InChI=1S/C12H10Cl2N2S/c13-9-1-3-11(14)8(5-9)7-17-12-4-2-10(15)6-16-12/h1-6H,7,15H2. The number of halogens is 2. The lowest BCUT2D eigenvalue weighted by Crippen LogP contribution is -1.88. The monoisotopic (exact) mass is 284 g/mol. The molecule has 0 unspecified atom stereocenters. The van der Waals surface area contributed by atoms with Crippen LogP contribution in [0.1, 0.15) is 5.56 Å². The summed E-state index contributed by atoms with van der Waals surface area (Å²) in [5.74, 6) is 0.732. The van der Waals surface area contributed by atoms with Gasteiger partial charge in [0.05, 0.1) is 16.9 Å². The van der Waals surface area contributed by atoms with Crippen LogP contribution in [0, 0.1) is 0 Å². The molecule has 0 bridgehead atoms. The molecule has 0 amide bonds. The second kappa shape index (κ2) is 5.63. The zero-order chi connectivity index (χ0) is 12.3. The summed E-state index contributed by atoms with van der Waals surface area (Å²) >= 11 is 13.6. The molecule has 5 heteroatoms. The Balaban J connectivity index is 2.07. The molecule has 0 saturated heterocycles. The Hall–Kier alpha value is -0.900. The number of aromatic nitrogens is 1. The van der Waals surface area contributed by atoms with Gasteiger partial charge in [-0.05, 0) is 35.9 Å². The van der Waals surface area contributed by atoms with Crippen molar-refractivity contribution in [1.29, 1.82) is 0 Å². The van der Waals surface area contributed by atoms with Gasteiger partial charge in [-0.3, -0.25) is 0 Å². The summed E-state index contributed by atoms with van der Waals surface area (Å²) in [5, 5.41) is 2.32. The van der Waals surface area contributed by atoms with E-state index in [4.69, 9.17) is 28.9 Å². The smallest absolute Gasteiger partial charge is 0.0964 e. The average molecular weight is 285 g/mol. The molecule has 0 spiro atoms. The van der Waals surface area contributed by atoms with Gasteiger partial charge in [-0.2, -0.15) is 0 Å². The Morgan fingerprint density at radius 3 is 2.71 bits per heavy atom. The normalized spacial score (nSPS) is 10.5. The summed E-state index contributed by atoms with van der Waals surface area (Å²) in [4.78, 5) is 4.21. The van der Waals surface area contributed by atoms with Gasteiger partial charge >= 0.3 is 0 Å². The fourth-order valence-electron chi connectivity index (χ4n) is 1.28. The lowest BCUT2D eigenvalue weighted by molar-refractivity contribution is 1.13. The van der Waals surface area contributed by atoms with E-state index in [2.05, 4.69) is 4.98 Å². The average Bonchev–Trinajstić information content (AvgIpc) is 2.32. The minimum absolute atomic E-state index is 0.662. The van der Waals surface area contributed by atoms with Crippen LogP contribution in [-0.4, -0.2) is 4.98 Å². The number of hydrogen-bond acceptors (Lipinski definition) is 3. The Labute approximate surface area is 114 Å². The van der Waals surface area contributed by atoms with Gasteiger partial charge in [-0.15, -0.1) is 11.8 Å². The van der Waals surface area contributed by atoms with E-state index in [-0.39, 0.29) is 0 Å². The van der Waals surface area contributed by atoms with E-state index in [9.17, 15) is 0 Å². The van der Waals surface area contributed by atoms with E-state index in [1.54, 1.807) is 30.1 Å². The van der Waals surface area contributed by atoms with Gasteiger partial charge in [0.1, 0.15) is 0 Å². The molecule has 2 aromatic rings. The van der Waals surface area contributed by atoms with Gasteiger partial charge < -0.3 is 5.73 Å². The number of benzene rings is 1. The number of rotatable bonds is 3. The molecule has 2 N–H and O–H groups in total. The molecule has 1 aromatic heterocycles. The fraction of sp³-hybridized carbons (Fsp3) is 0.0833. The summed E-state index contributed by atoms with van der Waals surface area (Å²) in [5.41, 5.74) is 7.23. The van der Waals surface area contributed by atoms with Crippen LogP contribution >= 0.6 is 35.0 Å². The predicted molar refractivity (Wildman–Crippen MR) is 74.7 cm³/mol. The first kappa shape index (κ1) is 12.6.